The van der Waals surface area contributed by atoms with E-state index in [4.69, 9.17) is 5.11 Å². The summed E-state index contributed by atoms with van der Waals surface area (Å²) >= 11 is 1.39. The number of aliphatic hydroxyl groups excluding tert-OH is 1. The van der Waals surface area contributed by atoms with Crippen molar-refractivity contribution < 1.29 is 9.90 Å². The van der Waals surface area contributed by atoms with Gasteiger partial charge in [-0.25, -0.2) is 4.79 Å². The van der Waals surface area contributed by atoms with Crippen LogP contribution >= 0.6 is 11.3 Å². The highest BCUT2D eigenvalue weighted by Gasteiger charge is 2.33. The molecule has 6 nitrogen and oxygen atoms in total. The number of rotatable bonds is 6. The van der Waals surface area contributed by atoms with Gasteiger partial charge in [0.2, 0.25) is 5.13 Å². The third-order valence-corrected chi connectivity index (χ3v) is 5.42. The van der Waals surface area contributed by atoms with E-state index in [0.717, 1.165) is 23.4 Å². The highest BCUT2D eigenvalue weighted by Crippen LogP contribution is 2.35. The molecule has 0 unspecified atom stereocenters. The number of carbonyl (C=O) groups excluding carboxylic acids is 1. The largest absolute Gasteiger partial charge is 0.395 e. The highest BCUT2D eigenvalue weighted by molar-refractivity contribution is 7.15. The van der Waals surface area contributed by atoms with E-state index in [-0.39, 0.29) is 24.1 Å². The molecular formula is C17H22N4O2S. The third kappa shape index (κ3) is 3.57. The fourth-order valence-corrected chi connectivity index (χ4v) is 3.47. The Morgan fingerprint density at radius 2 is 2.04 bits per heavy atom. The summed E-state index contributed by atoms with van der Waals surface area (Å²) in [6, 6.07) is 10.1. The van der Waals surface area contributed by atoms with Crippen LogP contribution in [0.25, 0.3) is 0 Å². The van der Waals surface area contributed by atoms with E-state index in [1.54, 1.807) is 4.90 Å². The first-order chi connectivity index (χ1) is 11.5. The number of nitrogens with one attached hydrogen (secondary N) is 1. The van der Waals surface area contributed by atoms with Crippen molar-refractivity contribution in [1.29, 1.82) is 0 Å². The minimum Gasteiger partial charge on any atom is -0.395 e. The lowest BCUT2D eigenvalue weighted by Crippen LogP contribution is -2.38. The number of nitrogens with zero attached hydrogens (tertiary/aromatic N) is 3. The van der Waals surface area contributed by atoms with Gasteiger partial charge in [-0.2, -0.15) is 0 Å². The van der Waals surface area contributed by atoms with E-state index in [1.165, 1.54) is 11.3 Å². The molecule has 2 N–H and O–H groups in total. The van der Waals surface area contributed by atoms with E-state index >= 15 is 0 Å². The average molecular weight is 346 g/mol. The Morgan fingerprint density at radius 1 is 1.33 bits per heavy atom. The van der Waals surface area contributed by atoms with Crippen molar-refractivity contribution in [1.82, 2.24) is 15.1 Å². The van der Waals surface area contributed by atoms with E-state index in [2.05, 4.69) is 41.5 Å². The van der Waals surface area contributed by atoms with Crippen LogP contribution < -0.4 is 5.32 Å². The van der Waals surface area contributed by atoms with Crippen molar-refractivity contribution in [2.45, 2.75) is 38.1 Å². The molecule has 0 bridgehead atoms. The van der Waals surface area contributed by atoms with Gasteiger partial charge in [0.25, 0.3) is 0 Å². The lowest BCUT2D eigenvalue weighted by molar-refractivity contribution is 0.185. The lowest BCUT2D eigenvalue weighted by Gasteiger charge is -2.22. The molecule has 1 heterocycles. The van der Waals surface area contributed by atoms with Crippen molar-refractivity contribution in [3.63, 3.8) is 0 Å². The summed E-state index contributed by atoms with van der Waals surface area (Å²) < 4.78 is 0. The maximum atomic E-state index is 12.4. The van der Waals surface area contributed by atoms with Gasteiger partial charge in [0.05, 0.1) is 6.61 Å². The molecule has 1 fully saturated rings. The second kappa shape index (κ2) is 6.86. The molecular weight excluding hydrogens is 324 g/mol. The van der Waals surface area contributed by atoms with Crippen molar-refractivity contribution in [3.8, 4) is 0 Å². The predicted molar refractivity (Wildman–Crippen MR) is 94.3 cm³/mol. The van der Waals surface area contributed by atoms with Gasteiger partial charge in [-0.3, -0.25) is 5.32 Å². The van der Waals surface area contributed by atoms with E-state index < -0.39 is 0 Å². The molecule has 1 aromatic heterocycles. The van der Waals surface area contributed by atoms with Gasteiger partial charge in [0.1, 0.15) is 5.01 Å². The van der Waals surface area contributed by atoms with Gasteiger partial charge in [-0.05, 0) is 32.3 Å². The first-order valence-corrected chi connectivity index (χ1v) is 8.92. The van der Waals surface area contributed by atoms with Crippen LogP contribution in [0.2, 0.25) is 0 Å². The Morgan fingerprint density at radius 3 is 2.67 bits per heavy atom. The van der Waals surface area contributed by atoms with Gasteiger partial charge in [0.15, 0.2) is 0 Å². The quantitative estimate of drug-likeness (QED) is 0.843. The number of aliphatic hydroxyl groups is 1. The standard InChI is InChI=1S/C17H22N4O2S/c1-17(2,12-6-4-3-5-7-12)14-19-20-15(24-14)18-16(23)21(10-11-22)13-8-9-13/h3-7,13,22H,8-11H2,1-2H3,(H,18,20,23). The van der Waals surface area contributed by atoms with Crippen LogP contribution in [0.4, 0.5) is 9.93 Å². The predicted octanol–water partition coefficient (Wildman–Crippen LogP) is 2.85. The summed E-state index contributed by atoms with van der Waals surface area (Å²) in [5, 5.41) is 21.7. The lowest BCUT2D eigenvalue weighted by atomic mass is 9.85. The van der Waals surface area contributed by atoms with Crippen LogP contribution in [0.5, 0.6) is 0 Å². The maximum Gasteiger partial charge on any atom is 0.324 e. The van der Waals surface area contributed by atoms with Gasteiger partial charge >= 0.3 is 6.03 Å². The second-order valence-electron chi connectivity index (χ2n) is 6.48. The topological polar surface area (TPSA) is 78.4 Å². The summed E-state index contributed by atoms with van der Waals surface area (Å²) in [5.41, 5.74) is 0.877. The third-order valence-electron chi connectivity index (χ3n) is 4.26. The van der Waals surface area contributed by atoms with Crippen LogP contribution in [0, 0.1) is 0 Å². The van der Waals surface area contributed by atoms with Gasteiger partial charge < -0.3 is 10.0 Å². The minimum absolute atomic E-state index is 0.0354. The van der Waals surface area contributed by atoms with Gasteiger partial charge in [0, 0.05) is 18.0 Å². The Balaban J connectivity index is 1.72. The summed E-state index contributed by atoms with van der Waals surface area (Å²) in [6.07, 6.45) is 1.99. The van der Waals surface area contributed by atoms with E-state index in [0.29, 0.717) is 11.7 Å². The molecule has 2 amide bonds. The Labute approximate surface area is 145 Å². The molecule has 24 heavy (non-hydrogen) atoms. The Hall–Kier alpha value is -1.99. The van der Waals surface area contributed by atoms with Gasteiger partial charge in [-0.1, -0.05) is 41.7 Å². The molecule has 1 aromatic carbocycles. The summed E-state index contributed by atoms with van der Waals surface area (Å²) in [7, 11) is 0. The summed E-state index contributed by atoms with van der Waals surface area (Å²) in [6.45, 7) is 4.50. The van der Waals surface area contributed by atoms with Crippen LogP contribution in [0.1, 0.15) is 37.3 Å². The molecule has 0 saturated heterocycles. The van der Waals surface area contributed by atoms with Crippen LogP contribution in [0.15, 0.2) is 30.3 Å². The fourth-order valence-electron chi connectivity index (χ4n) is 2.61. The zero-order valence-corrected chi connectivity index (χ0v) is 14.7. The number of amides is 2. The Kier molecular flexibility index (Phi) is 4.82. The number of anilines is 1. The summed E-state index contributed by atoms with van der Waals surface area (Å²) in [4.78, 5) is 14.0. The van der Waals surface area contributed by atoms with Crippen LogP contribution in [-0.4, -0.2) is 45.4 Å². The Bertz CT molecular complexity index is 698. The van der Waals surface area contributed by atoms with E-state index in [9.17, 15) is 4.79 Å². The van der Waals surface area contributed by atoms with E-state index in [1.807, 2.05) is 18.2 Å². The molecule has 1 aliphatic carbocycles. The highest BCUT2D eigenvalue weighted by atomic mass is 32.1. The normalized spacial score (nSPS) is 14.5. The van der Waals surface area contributed by atoms with Crippen molar-refractivity contribution in [2.24, 2.45) is 0 Å². The number of aromatic nitrogens is 2. The zero-order valence-electron chi connectivity index (χ0n) is 13.9. The fraction of sp³-hybridized carbons (Fsp3) is 0.471. The number of carbonyl (C=O) groups is 1. The number of urea groups is 1. The number of hydrogen-bond acceptors (Lipinski definition) is 5. The molecule has 0 atom stereocenters. The second-order valence-corrected chi connectivity index (χ2v) is 7.46. The molecule has 1 aliphatic rings. The van der Waals surface area contributed by atoms with Gasteiger partial charge in [-0.15, -0.1) is 10.2 Å². The number of benzene rings is 1. The van der Waals surface area contributed by atoms with Crippen molar-refractivity contribution >= 4 is 22.5 Å². The first kappa shape index (κ1) is 16.9. The monoisotopic (exact) mass is 346 g/mol. The molecule has 3 rings (SSSR count). The molecule has 0 radical (unpaired) electrons. The molecule has 0 spiro atoms. The van der Waals surface area contributed by atoms with Crippen molar-refractivity contribution in [2.75, 3.05) is 18.5 Å². The first-order valence-electron chi connectivity index (χ1n) is 8.10. The zero-order chi connectivity index (χ0) is 17.2. The molecule has 128 valence electrons. The SMILES string of the molecule is CC(C)(c1ccccc1)c1nnc(NC(=O)N(CCO)C2CC2)s1. The minimum atomic E-state index is -0.275. The molecule has 1 saturated carbocycles. The average Bonchev–Trinajstić information content (AvgIpc) is 3.31. The van der Waals surface area contributed by atoms with Crippen LogP contribution in [0.3, 0.4) is 0 Å². The van der Waals surface area contributed by atoms with Crippen LogP contribution in [-0.2, 0) is 5.41 Å². The molecule has 0 aliphatic heterocycles. The summed E-state index contributed by atoms with van der Waals surface area (Å²) in [5.74, 6) is 0. The number of hydrogen-bond donors (Lipinski definition) is 2. The molecule has 7 heteroatoms. The maximum absolute atomic E-state index is 12.4. The molecule has 2 aromatic rings. The smallest absolute Gasteiger partial charge is 0.324 e. The van der Waals surface area contributed by atoms with Crippen molar-refractivity contribution in [3.05, 3.63) is 40.9 Å².